The number of allylic oxidation sites excluding steroid dienone is 2. The van der Waals surface area contributed by atoms with Crippen molar-refractivity contribution in [3.8, 4) is 10.6 Å². The van der Waals surface area contributed by atoms with Crippen molar-refractivity contribution in [1.82, 2.24) is 15.3 Å². The number of rotatable bonds is 7. The average Bonchev–Trinajstić information content (AvgIpc) is 3.56. The van der Waals surface area contributed by atoms with Gasteiger partial charge in [-0.05, 0) is 56.2 Å². The number of alkyl carbamates (subject to hydrolysis) is 1. The van der Waals surface area contributed by atoms with Crippen LogP contribution in [-0.4, -0.2) is 38.8 Å². The highest BCUT2D eigenvalue weighted by atomic mass is 32.1. The third-order valence-corrected chi connectivity index (χ3v) is 7.12. The monoisotopic (exact) mass is 531 g/mol. The number of carboxylic acid groups (broad SMARTS) is 1. The molecule has 194 valence electrons. The summed E-state index contributed by atoms with van der Waals surface area (Å²) in [7, 11) is 0. The quantitative estimate of drug-likeness (QED) is 0.289. The first kappa shape index (κ1) is 25.5. The molecule has 2 aromatic carbocycles. The van der Waals surface area contributed by atoms with E-state index in [0.717, 1.165) is 11.3 Å². The van der Waals surface area contributed by atoms with Gasteiger partial charge in [-0.15, -0.1) is 0 Å². The second kappa shape index (κ2) is 9.64. The Hall–Kier alpha value is -4.11. The molecule has 4 aromatic rings. The predicted octanol–water partition coefficient (Wildman–Crippen LogP) is 5.87. The number of ether oxygens (including phenoxy) is 1. The van der Waals surface area contributed by atoms with Gasteiger partial charge < -0.3 is 15.2 Å². The second-order valence-electron chi connectivity index (χ2n) is 10.2. The van der Waals surface area contributed by atoms with Crippen molar-refractivity contribution in [1.29, 1.82) is 0 Å². The Kier molecular flexibility index (Phi) is 6.48. The van der Waals surface area contributed by atoms with Crippen LogP contribution in [0.3, 0.4) is 0 Å². The molecule has 0 saturated heterocycles. The smallest absolute Gasteiger partial charge is 0.408 e. The maximum absolute atomic E-state index is 15.2. The minimum atomic E-state index is -1.27. The molecule has 0 unspecified atom stereocenters. The minimum absolute atomic E-state index is 0.106. The van der Waals surface area contributed by atoms with Crippen LogP contribution >= 0.6 is 11.3 Å². The fourth-order valence-corrected chi connectivity index (χ4v) is 5.18. The lowest BCUT2D eigenvalue weighted by atomic mass is 9.89. The number of carboxylic acids is 1. The summed E-state index contributed by atoms with van der Waals surface area (Å²) < 4.78 is 20.3. The van der Waals surface area contributed by atoms with Crippen molar-refractivity contribution < 1.29 is 23.8 Å². The van der Waals surface area contributed by atoms with Gasteiger partial charge in [-0.25, -0.2) is 23.9 Å². The van der Waals surface area contributed by atoms with Crippen LogP contribution in [0.25, 0.3) is 20.9 Å². The number of hydrogen-bond acceptors (Lipinski definition) is 6. The highest BCUT2D eigenvalue weighted by molar-refractivity contribution is 7.21. The van der Waals surface area contributed by atoms with E-state index in [1.807, 2.05) is 30.3 Å². The van der Waals surface area contributed by atoms with E-state index in [0.29, 0.717) is 26.5 Å². The van der Waals surface area contributed by atoms with Gasteiger partial charge in [0.25, 0.3) is 0 Å². The first-order valence-corrected chi connectivity index (χ1v) is 12.9. The van der Waals surface area contributed by atoms with Gasteiger partial charge in [0.1, 0.15) is 32.8 Å². The molecule has 1 aliphatic rings. The zero-order valence-corrected chi connectivity index (χ0v) is 21.9. The highest BCUT2D eigenvalue weighted by Crippen LogP contribution is 2.45. The number of hydrogen-bond donors (Lipinski definition) is 2. The average molecular weight is 532 g/mol. The molecule has 38 heavy (non-hydrogen) atoms. The van der Waals surface area contributed by atoms with Gasteiger partial charge in [0.2, 0.25) is 0 Å². The second-order valence-corrected chi connectivity index (χ2v) is 11.1. The number of benzene rings is 2. The Morgan fingerprint density at radius 1 is 1.08 bits per heavy atom. The van der Waals surface area contributed by atoms with Crippen LogP contribution < -0.4 is 5.32 Å². The summed E-state index contributed by atoms with van der Waals surface area (Å²) in [6, 6.07) is 17.2. The van der Waals surface area contributed by atoms with E-state index in [1.165, 1.54) is 17.4 Å². The molecule has 1 amide bonds. The lowest BCUT2D eigenvalue weighted by Crippen LogP contribution is -2.44. The maximum Gasteiger partial charge on any atom is 0.408 e. The van der Waals surface area contributed by atoms with Gasteiger partial charge in [0, 0.05) is 12.0 Å². The number of fused-ring (bicyclic) bond motifs is 1. The number of aromatic nitrogens is 2. The third kappa shape index (κ3) is 5.28. The molecule has 0 fully saturated rings. The predicted molar refractivity (Wildman–Crippen MR) is 144 cm³/mol. The highest BCUT2D eigenvalue weighted by Gasteiger charge is 2.39. The van der Waals surface area contributed by atoms with Crippen molar-refractivity contribution in [2.45, 2.75) is 44.2 Å². The van der Waals surface area contributed by atoms with Crippen LogP contribution in [0.15, 0.2) is 72.8 Å². The zero-order valence-electron chi connectivity index (χ0n) is 21.1. The van der Waals surface area contributed by atoms with Crippen molar-refractivity contribution in [3.63, 3.8) is 0 Å². The Bertz CT molecular complexity index is 1550. The number of carbonyl (C=O) groups excluding carboxylic acids is 1. The molecule has 0 saturated carbocycles. The Labute approximate surface area is 223 Å². The van der Waals surface area contributed by atoms with Crippen LogP contribution in [0.5, 0.6) is 0 Å². The number of nitrogens with zero attached hydrogens (tertiary/aromatic N) is 2. The third-order valence-electron chi connectivity index (χ3n) is 6.12. The molecule has 2 heterocycles. The van der Waals surface area contributed by atoms with Crippen molar-refractivity contribution >= 4 is 33.7 Å². The number of aliphatic carboxylic acids is 1. The lowest BCUT2D eigenvalue weighted by molar-refractivity contribution is -0.139. The van der Waals surface area contributed by atoms with Crippen LogP contribution in [0, 0.1) is 5.82 Å². The molecular weight excluding hydrogens is 505 g/mol. The van der Waals surface area contributed by atoms with E-state index in [4.69, 9.17) is 9.72 Å². The van der Waals surface area contributed by atoms with Crippen molar-refractivity contribution in [3.05, 3.63) is 95.5 Å². The van der Waals surface area contributed by atoms with E-state index in [-0.39, 0.29) is 11.8 Å². The topological polar surface area (TPSA) is 101 Å². The molecule has 5 rings (SSSR count). The summed E-state index contributed by atoms with van der Waals surface area (Å²) in [4.78, 5) is 33.9. The van der Waals surface area contributed by atoms with Gasteiger partial charge in [0.05, 0.1) is 11.1 Å². The summed E-state index contributed by atoms with van der Waals surface area (Å²) in [5.41, 5.74) is 2.33. The van der Waals surface area contributed by atoms with Gasteiger partial charge in [-0.3, -0.25) is 0 Å². The molecular formula is C29H26FN3O4S. The van der Waals surface area contributed by atoms with E-state index in [2.05, 4.69) is 34.6 Å². The minimum Gasteiger partial charge on any atom is -0.480 e. The van der Waals surface area contributed by atoms with Gasteiger partial charge >= 0.3 is 12.1 Å². The molecule has 9 heteroatoms. The largest absolute Gasteiger partial charge is 0.480 e. The standard InChI is InChI=1S/C29H26FN3O4S/c1-28(2,3)37-27(36)32-22(26(34)35)16-17-9-10-19(20(30)15-17)24-31-21-11-12-23(33-25(21)38-24)29(13-14-29)18-7-5-4-6-8-18/h4-15,22H,16H2,1-3H3,(H,32,36)(H,34,35)/t22-/m0/s1. The molecule has 0 bridgehead atoms. The molecule has 0 aliphatic heterocycles. The summed E-state index contributed by atoms with van der Waals surface area (Å²) in [6.45, 7) is 5.04. The first-order chi connectivity index (χ1) is 18.0. The van der Waals surface area contributed by atoms with Crippen LogP contribution in [0.4, 0.5) is 9.18 Å². The normalized spacial score (nSPS) is 14.7. The fraction of sp³-hybridized carbons (Fsp3) is 0.241. The molecule has 0 spiro atoms. The first-order valence-electron chi connectivity index (χ1n) is 12.1. The summed E-state index contributed by atoms with van der Waals surface area (Å²) in [6.07, 6.45) is 3.27. The number of nitrogens with one attached hydrogen (secondary N) is 1. The molecule has 2 N–H and O–H groups in total. The SMILES string of the molecule is CC(C)(C)OC(=O)N[C@@H](Cc1ccc(-c2nc3ccc(C4(c5ccccc5)C=C4)nc3s2)c(F)c1)C(=O)O. The van der Waals surface area contributed by atoms with E-state index < -0.39 is 29.5 Å². The molecule has 1 atom stereocenters. The van der Waals surface area contributed by atoms with Crippen LogP contribution in [0.1, 0.15) is 37.6 Å². The maximum atomic E-state index is 15.2. The summed E-state index contributed by atoms with van der Waals surface area (Å²) in [5, 5.41) is 12.3. The number of amides is 1. The molecule has 7 nitrogen and oxygen atoms in total. The van der Waals surface area contributed by atoms with Gasteiger partial charge in [-0.2, -0.15) is 0 Å². The summed E-state index contributed by atoms with van der Waals surface area (Å²) >= 11 is 1.30. The Balaban J connectivity index is 1.36. The summed E-state index contributed by atoms with van der Waals surface area (Å²) in [5.74, 6) is -1.78. The van der Waals surface area contributed by atoms with Crippen LogP contribution in [0.2, 0.25) is 0 Å². The van der Waals surface area contributed by atoms with Gasteiger partial charge in [-0.1, -0.05) is 59.9 Å². The Morgan fingerprint density at radius 3 is 2.45 bits per heavy atom. The zero-order chi connectivity index (χ0) is 27.1. The van der Waals surface area contributed by atoms with Crippen molar-refractivity contribution in [2.75, 3.05) is 0 Å². The number of pyridine rings is 1. The fourth-order valence-electron chi connectivity index (χ4n) is 4.22. The Morgan fingerprint density at radius 2 is 1.82 bits per heavy atom. The number of carbonyl (C=O) groups is 2. The molecule has 1 aliphatic carbocycles. The van der Waals surface area contributed by atoms with Crippen molar-refractivity contribution in [2.24, 2.45) is 0 Å². The number of halogens is 1. The number of thiazole rings is 1. The van der Waals surface area contributed by atoms with E-state index in [1.54, 1.807) is 32.9 Å². The molecule has 2 aromatic heterocycles. The van der Waals surface area contributed by atoms with E-state index in [9.17, 15) is 14.7 Å². The van der Waals surface area contributed by atoms with E-state index >= 15 is 4.39 Å². The van der Waals surface area contributed by atoms with Crippen LogP contribution in [-0.2, 0) is 21.4 Å². The van der Waals surface area contributed by atoms with Gasteiger partial charge in [0.15, 0.2) is 0 Å². The lowest BCUT2D eigenvalue weighted by Gasteiger charge is -2.22. The molecule has 0 radical (unpaired) electrons.